The Hall–Kier alpha value is -2.16. The Labute approximate surface area is 109 Å². The largest absolute Gasteiger partial charge is 0.481 e. The molecule has 0 aromatic carbocycles. The van der Waals surface area contributed by atoms with Crippen molar-refractivity contribution in [2.75, 3.05) is 13.1 Å². The fourth-order valence-electron chi connectivity index (χ4n) is 1.21. The molecule has 0 rings (SSSR count). The normalized spacial score (nSPS) is 11.4. The Morgan fingerprint density at radius 3 is 2.21 bits per heavy atom. The summed E-state index contributed by atoms with van der Waals surface area (Å²) < 4.78 is 0. The molecule has 0 fully saturated rings. The number of aliphatic carboxylic acids is 2. The van der Waals surface area contributed by atoms with Crippen LogP contribution in [0.25, 0.3) is 0 Å². The van der Waals surface area contributed by atoms with Crippen molar-refractivity contribution in [3.63, 3.8) is 0 Å². The van der Waals surface area contributed by atoms with Gasteiger partial charge < -0.3 is 26.6 Å². The molecule has 1 atom stereocenters. The van der Waals surface area contributed by atoms with Gasteiger partial charge >= 0.3 is 11.9 Å². The van der Waals surface area contributed by atoms with Crippen LogP contribution in [0.5, 0.6) is 0 Å². The lowest BCUT2D eigenvalue weighted by Crippen LogP contribution is -2.46. The highest BCUT2D eigenvalue weighted by molar-refractivity contribution is 5.88. The first-order chi connectivity index (χ1) is 8.86. The monoisotopic (exact) mass is 275 g/mol. The highest BCUT2D eigenvalue weighted by Crippen LogP contribution is 2.01. The summed E-state index contributed by atoms with van der Waals surface area (Å²) in [4.78, 5) is 43.2. The first-order valence-corrected chi connectivity index (χ1v) is 5.57. The molecule has 0 radical (unpaired) electrons. The quantitative estimate of drug-likeness (QED) is 0.322. The molecule has 0 heterocycles. The third kappa shape index (κ3) is 8.55. The van der Waals surface area contributed by atoms with Crippen LogP contribution in [0.1, 0.15) is 19.3 Å². The van der Waals surface area contributed by atoms with Crippen molar-refractivity contribution in [1.29, 1.82) is 0 Å². The summed E-state index contributed by atoms with van der Waals surface area (Å²) in [6.45, 7) is -0.646. The smallest absolute Gasteiger partial charge is 0.326 e. The zero-order chi connectivity index (χ0) is 14.8. The predicted octanol–water partition coefficient (Wildman–Crippen LogP) is -2.11. The maximum absolute atomic E-state index is 11.3. The van der Waals surface area contributed by atoms with Gasteiger partial charge in [-0.25, -0.2) is 4.79 Å². The molecule has 0 aromatic rings. The minimum Gasteiger partial charge on any atom is -0.481 e. The van der Waals surface area contributed by atoms with E-state index in [9.17, 15) is 19.2 Å². The third-order valence-corrected chi connectivity index (χ3v) is 2.15. The first-order valence-electron chi connectivity index (χ1n) is 5.57. The Morgan fingerprint density at radius 1 is 1.11 bits per heavy atom. The van der Waals surface area contributed by atoms with Gasteiger partial charge in [0, 0.05) is 6.42 Å². The number of hydrogen-bond acceptors (Lipinski definition) is 5. The lowest BCUT2D eigenvalue weighted by Gasteiger charge is -2.14. The van der Waals surface area contributed by atoms with Crippen molar-refractivity contribution in [2.24, 2.45) is 5.73 Å². The average Bonchev–Trinajstić information content (AvgIpc) is 2.34. The van der Waals surface area contributed by atoms with Crippen LogP contribution in [0, 0.1) is 0 Å². The Morgan fingerprint density at radius 2 is 1.74 bits per heavy atom. The van der Waals surface area contributed by atoms with Gasteiger partial charge in [0.25, 0.3) is 0 Å². The van der Waals surface area contributed by atoms with E-state index in [-0.39, 0.29) is 32.4 Å². The number of carboxylic acids is 2. The van der Waals surface area contributed by atoms with Crippen LogP contribution in [-0.2, 0) is 19.2 Å². The van der Waals surface area contributed by atoms with Crippen molar-refractivity contribution in [2.45, 2.75) is 25.3 Å². The van der Waals surface area contributed by atoms with Crippen LogP contribution in [0.3, 0.4) is 0 Å². The Bertz CT molecular complexity index is 357. The lowest BCUT2D eigenvalue weighted by atomic mass is 10.1. The van der Waals surface area contributed by atoms with Gasteiger partial charge in [0.1, 0.15) is 6.04 Å². The summed E-state index contributed by atoms with van der Waals surface area (Å²) in [6, 6.07) is -1.18. The molecule has 0 spiro atoms. The van der Waals surface area contributed by atoms with Gasteiger partial charge in [-0.05, 0) is 12.8 Å². The fraction of sp³-hybridized carbons (Fsp3) is 0.600. The molecule has 2 amide bonds. The highest BCUT2D eigenvalue weighted by Gasteiger charge is 2.19. The molecule has 0 unspecified atom stereocenters. The molecule has 108 valence electrons. The van der Waals surface area contributed by atoms with Crippen molar-refractivity contribution in [3.05, 3.63) is 0 Å². The van der Waals surface area contributed by atoms with Crippen LogP contribution in [0.4, 0.5) is 0 Å². The van der Waals surface area contributed by atoms with Gasteiger partial charge in [-0.3, -0.25) is 14.4 Å². The number of amides is 2. The molecular weight excluding hydrogens is 258 g/mol. The predicted molar refractivity (Wildman–Crippen MR) is 63.1 cm³/mol. The summed E-state index contributed by atoms with van der Waals surface area (Å²) >= 11 is 0. The van der Waals surface area contributed by atoms with Gasteiger partial charge in [-0.2, -0.15) is 0 Å². The molecule has 0 aromatic heterocycles. The minimum absolute atomic E-state index is 0.00178. The lowest BCUT2D eigenvalue weighted by molar-refractivity contribution is -0.142. The van der Waals surface area contributed by atoms with Crippen LogP contribution in [0.2, 0.25) is 0 Å². The van der Waals surface area contributed by atoms with Crippen LogP contribution >= 0.6 is 0 Å². The first kappa shape index (κ1) is 16.8. The fourth-order valence-corrected chi connectivity index (χ4v) is 1.21. The van der Waals surface area contributed by atoms with E-state index >= 15 is 0 Å². The maximum Gasteiger partial charge on any atom is 0.326 e. The maximum atomic E-state index is 11.3. The molecule has 19 heavy (non-hydrogen) atoms. The summed E-state index contributed by atoms with van der Waals surface area (Å²) in [5.74, 6) is -3.51. The van der Waals surface area contributed by atoms with Crippen molar-refractivity contribution in [1.82, 2.24) is 10.6 Å². The second kappa shape index (κ2) is 8.86. The summed E-state index contributed by atoms with van der Waals surface area (Å²) in [5.41, 5.74) is 5.01. The number of hydrogen-bond donors (Lipinski definition) is 5. The Kier molecular flexibility index (Phi) is 7.85. The van der Waals surface area contributed by atoms with Gasteiger partial charge in [0.2, 0.25) is 11.8 Å². The van der Waals surface area contributed by atoms with E-state index in [0.29, 0.717) is 0 Å². The standard InChI is InChI=1S/C10H17N3O6/c11-4-7(14)12-5-8(15)13-6(10(18)19)2-1-3-9(16)17/h6H,1-5,11H2,(H,12,14)(H,13,15)(H,16,17)(H,18,19)/t6-/m1/s1. The molecule has 0 saturated heterocycles. The summed E-state index contributed by atoms with van der Waals surface area (Å²) in [5, 5.41) is 21.6. The molecule has 0 saturated carbocycles. The van der Waals surface area contributed by atoms with E-state index in [1.165, 1.54) is 0 Å². The number of nitrogens with one attached hydrogen (secondary N) is 2. The van der Waals surface area contributed by atoms with E-state index in [2.05, 4.69) is 10.6 Å². The molecule has 6 N–H and O–H groups in total. The van der Waals surface area contributed by atoms with Crippen molar-refractivity contribution >= 4 is 23.8 Å². The number of carboxylic acid groups (broad SMARTS) is 2. The second-order valence-corrected chi connectivity index (χ2v) is 3.73. The molecule has 9 heteroatoms. The second-order valence-electron chi connectivity index (χ2n) is 3.73. The van der Waals surface area contributed by atoms with Crippen LogP contribution in [-0.4, -0.2) is 53.1 Å². The van der Waals surface area contributed by atoms with Gasteiger partial charge in [-0.1, -0.05) is 0 Å². The third-order valence-electron chi connectivity index (χ3n) is 2.15. The van der Waals surface area contributed by atoms with E-state index < -0.39 is 29.8 Å². The number of carbonyl (C=O) groups is 4. The van der Waals surface area contributed by atoms with E-state index in [1.54, 1.807) is 0 Å². The Balaban J connectivity index is 4.11. The van der Waals surface area contributed by atoms with E-state index in [1.807, 2.05) is 0 Å². The number of carbonyl (C=O) groups excluding carboxylic acids is 2. The highest BCUT2D eigenvalue weighted by atomic mass is 16.4. The zero-order valence-electron chi connectivity index (χ0n) is 10.2. The summed E-state index contributed by atoms with van der Waals surface area (Å²) in [7, 11) is 0. The van der Waals surface area contributed by atoms with Crippen LogP contribution < -0.4 is 16.4 Å². The minimum atomic E-state index is -1.26. The molecule has 9 nitrogen and oxygen atoms in total. The topological polar surface area (TPSA) is 159 Å². The van der Waals surface area contributed by atoms with Gasteiger partial charge in [0.05, 0.1) is 13.1 Å². The van der Waals surface area contributed by atoms with Crippen molar-refractivity contribution in [3.8, 4) is 0 Å². The van der Waals surface area contributed by atoms with Gasteiger partial charge in [0.15, 0.2) is 0 Å². The van der Waals surface area contributed by atoms with Crippen molar-refractivity contribution < 1.29 is 29.4 Å². The molecule has 0 bridgehead atoms. The van der Waals surface area contributed by atoms with E-state index in [0.717, 1.165) is 0 Å². The molecule has 0 aliphatic carbocycles. The molecular formula is C10H17N3O6. The number of nitrogens with two attached hydrogens (primary N) is 1. The SMILES string of the molecule is NCC(=O)NCC(=O)N[C@H](CCCC(=O)O)C(=O)O. The van der Waals surface area contributed by atoms with Crippen LogP contribution in [0.15, 0.2) is 0 Å². The molecule has 0 aliphatic heterocycles. The number of rotatable bonds is 9. The average molecular weight is 275 g/mol. The van der Waals surface area contributed by atoms with E-state index in [4.69, 9.17) is 15.9 Å². The summed E-state index contributed by atoms with van der Waals surface area (Å²) in [6.07, 6.45) is -0.0521. The zero-order valence-corrected chi connectivity index (χ0v) is 10.2. The van der Waals surface area contributed by atoms with Gasteiger partial charge in [-0.15, -0.1) is 0 Å². The molecule has 0 aliphatic rings.